The van der Waals surface area contributed by atoms with Gasteiger partial charge in [-0.15, -0.1) is 0 Å². The van der Waals surface area contributed by atoms with Crippen LogP contribution in [0.1, 0.15) is 43.0 Å². The Balaban J connectivity index is 0.000000197. The Kier molecular flexibility index (Phi) is 14.0. The number of hydrogen-bond acceptors (Lipinski definition) is 13. The first-order chi connectivity index (χ1) is 32.0. The number of amides is 2. The minimum Gasteiger partial charge on any atom is -0.493 e. The molecule has 0 saturated heterocycles. The van der Waals surface area contributed by atoms with Gasteiger partial charge in [0.05, 0.1) is 49.4 Å². The Morgan fingerprint density at radius 3 is 1.45 bits per heavy atom. The molecule has 17 nitrogen and oxygen atoms in total. The van der Waals surface area contributed by atoms with Crippen LogP contribution >= 0.6 is 0 Å². The third-order valence-corrected chi connectivity index (χ3v) is 10.9. The Hall–Kier alpha value is -8.60. The smallest absolute Gasteiger partial charge is 0.329 e. The maximum absolute atomic E-state index is 13.6. The van der Waals surface area contributed by atoms with Gasteiger partial charge >= 0.3 is 5.97 Å². The van der Waals surface area contributed by atoms with Crippen molar-refractivity contribution in [1.82, 2.24) is 0 Å². The van der Waals surface area contributed by atoms with Crippen molar-refractivity contribution >= 4 is 46.8 Å². The molecule has 2 amide bonds. The van der Waals surface area contributed by atoms with E-state index in [-0.39, 0.29) is 53.8 Å². The molecule has 2 aliphatic rings. The number of carbonyl (C=O) groups excluding carboxylic acids is 4. The van der Waals surface area contributed by atoms with Gasteiger partial charge in [-0.25, -0.2) is 4.79 Å². The number of fused-ring (bicyclic) bond motifs is 2. The van der Waals surface area contributed by atoms with E-state index in [0.29, 0.717) is 24.1 Å². The molecule has 17 heteroatoms. The Bertz CT molecular complexity index is 2800. The number of carbonyl (C=O) groups is 4. The van der Waals surface area contributed by atoms with E-state index in [9.17, 15) is 39.4 Å². The molecular weight excluding hydrogens is 853 g/mol. The second-order valence-corrected chi connectivity index (χ2v) is 14.9. The molecule has 0 N–H and O–H groups in total. The molecule has 0 radical (unpaired) electrons. The highest BCUT2D eigenvalue weighted by molar-refractivity contribution is 6.14. The molecule has 2 heterocycles. The van der Waals surface area contributed by atoms with Crippen molar-refractivity contribution in [2.75, 3.05) is 31.1 Å². The predicted molar refractivity (Wildman–Crippen MR) is 240 cm³/mol. The lowest BCUT2D eigenvalue weighted by Gasteiger charge is -2.24. The number of benzene rings is 6. The molecular formula is C49H42N4O13. The summed E-state index contributed by atoms with van der Waals surface area (Å²) in [4.78, 5) is 76.2. The number of nitrogens with zero attached hydrogens (tertiary/aromatic N) is 4. The summed E-state index contributed by atoms with van der Waals surface area (Å²) >= 11 is 0. The highest BCUT2D eigenvalue weighted by atomic mass is 16.6. The summed E-state index contributed by atoms with van der Waals surface area (Å²) in [6.45, 7) is 0.333. The van der Waals surface area contributed by atoms with Crippen LogP contribution in [0.2, 0.25) is 0 Å². The lowest BCUT2D eigenvalue weighted by atomic mass is 10.1. The van der Waals surface area contributed by atoms with Gasteiger partial charge in [0.25, 0.3) is 23.2 Å². The predicted octanol–water partition coefficient (Wildman–Crippen LogP) is 7.88. The molecule has 6 aromatic carbocycles. The molecule has 2 atom stereocenters. The highest BCUT2D eigenvalue weighted by Crippen LogP contribution is 2.41. The number of para-hydroxylation sites is 2. The summed E-state index contributed by atoms with van der Waals surface area (Å²) in [7, 11) is 4.01. The quantitative estimate of drug-likeness (QED) is 0.0442. The van der Waals surface area contributed by atoms with Gasteiger partial charge in [0.2, 0.25) is 0 Å². The van der Waals surface area contributed by atoms with Crippen LogP contribution in [0.4, 0.5) is 22.7 Å². The van der Waals surface area contributed by atoms with Gasteiger partial charge in [-0.1, -0.05) is 97.1 Å². The van der Waals surface area contributed by atoms with Crippen molar-refractivity contribution in [1.29, 1.82) is 0 Å². The fourth-order valence-electron chi connectivity index (χ4n) is 7.76. The van der Waals surface area contributed by atoms with Gasteiger partial charge in [-0.2, -0.15) is 0 Å². The summed E-state index contributed by atoms with van der Waals surface area (Å²) in [5.74, 6) is -1.35. The number of nitro groups is 2. The second-order valence-electron chi connectivity index (χ2n) is 14.9. The number of ether oxygens (including phenoxy) is 5. The fraction of sp³-hybridized carbons (Fsp3) is 0.184. The molecule has 6 aromatic rings. The fourth-order valence-corrected chi connectivity index (χ4v) is 7.76. The van der Waals surface area contributed by atoms with Gasteiger partial charge in [0.15, 0.2) is 23.0 Å². The molecule has 0 spiro atoms. The molecule has 0 fully saturated rings. The van der Waals surface area contributed by atoms with Gasteiger partial charge in [0, 0.05) is 36.3 Å². The molecule has 0 unspecified atom stereocenters. The van der Waals surface area contributed by atoms with Gasteiger partial charge in [-0.3, -0.25) is 39.6 Å². The van der Waals surface area contributed by atoms with Gasteiger partial charge < -0.3 is 28.5 Å². The lowest BCUT2D eigenvalue weighted by Crippen LogP contribution is -2.43. The SMILES string of the molecule is COC(=O)[C@@H]1Cc2ccccc2N1C(=O)c1cc(OC)c(OCc2ccccc2)cc1[N+](=O)[O-].COc1cc(C(=O)N2c3ccccc3C[C@H]2C=O)c([N+](=O)[O-])cc1OCc1ccccc1. The maximum Gasteiger partial charge on any atom is 0.329 e. The van der Waals surface area contributed by atoms with E-state index in [1.807, 2.05) is 72.8 Å². The normalized spacial score (nSPS) is 14.4. The van der Waals surface area contributed by atoms with Crippen LogP contribution in [-0.4, -0.2) is 67.3 Å². The number of rotatable bonds is 14. The van der Waals surface area contributed by atoms with Crippen LogP contribution in [0, 0.1) is 20.2 Å². The number of anilines is 2. The third kappa shape index (κ3) is 9.50. The van der Waals surface area contributed by atoms with E-state index in [1.165, 1.54) is 55.4 Å². The summed E-state index contributed by atoms with van der Waals surface area (Å²) in [6.07, 6.45) is 1.28. The molecule has 8 rings (SSSR count). The molecule has 2 aliphatic heterocycles. The van der Waals surface area contributed by atoms with Crippen LogP contribution in [0.5, 0.6) is 23.0 Å². The van der Waals surface area contributed by atoms with Crippen LogP contribution in [0.15, 0.2) is 133 Å². The largest absolute Gasteiger partial charge is 0.493 e. The Morgan fingerprint density at radius 2 is 1.02 bits per heavy atom. The van der Waals surface area contributed by atoms with E-state index in [0.717, 1.165) is 22.3 Å². The van der Waals surface area contributed by atoms with E-state index >= 15 is 0 Å². The summed E-state index contributed by atoms with van der Waals surface area (Å²) < 4.78 is 27.1. The molecule has 66 heavy (non-hydrogen) atoms. The Morgan fingerprint density at radius 1 is 0.591 bits per heavy atom. The van der Waals surface area contributed by atoms with Crippen molar-refractivity contribution in [3.05, 3.63) is 187 Å². The first-order valence-corrected chi connectivity index (χ1v) is 20.4. The second kappa shape index (κ2) is 20.3. The van der Waals surface area contributed by atoms with Crippen LogP contribution in [0.3, 0.4) is 0 Å². The number of aldehydes is 1. The van der Waals surface area contributed by atoms with E-state index < -0.39 is 51.1 Å². The van der Waals surface area contributed by atoms with Crippen molar-refractivity contribution in [2.24, 2.45) is 0 Å². The molecule has 336 valence electrons. The Labute approximate surface area is 377 Å². The van der Waals surface area contributed by atoms with Crippen molar-refractivity contribution in [2.45, 2.75) is 38.1 Å². The molecule has 0 aliphatic carbocycles. The van der Waals surface area contributed by atoms with Crippen LogP contribution < -0.4 is 28.7 Å². The van der Waals surface area contributed by atoms with E-state index in [2.05, 4.69) is 0 Å². The maximum atomic E-state index is 13.6. The zero-order valence-corrected chi connectivity index (χ0v) is 35.9. The zero-order chi connectivity index (χ0) is 46.9. The van der Waals surface area contributed by atoms with E-state index in [1.54, 1.807) is 36.4 Å². The van der Waals surface area contributed by atoms with Crippen LogP contribution in [0.25, 0.3) is 0 Å². The highest BCUT2D eigenvalue weighted by Gasteiger charge is 2.42. The van der Waals surface area contributed by atoms with Crippen molar-refractivity contribution < 1.29 is 52.7 Å². The number of nitro benzene ring substituents is 2. The minimum absolute atomic E-state index is 0.126. The topological polar surface area (TPSA) is 207 Å². The van der Waals surface area contributed by atoms with E-state index in [4.69, 9.17) is 23.7 Å². The summed E-state index contributed by atoms with van der Waals surface area (Å²) in [5, 5.41) is 23.8. The number of methoxy groups -OCH3 is 3. The minimum atomic E-state index is -0.936. The van der Waals surface area contributed by atoms with Crippen LogP contribution in [-0.2, 0) is 40.4 Å². The summed E-state index contributed by atoms with van der Waals surface area (Å²) in [5.41, 5.74) is 3.12. The average Bonchev–Trinajstić information content (AvgIpc) is 3.94. The average molecular weight is 895 g/mol. The molecule has 0 bridgehead atoms. The first kappa shape index (κ1) is 45.4. The molecule has 0 aromatic heterocycles. The van der Waals surface area contributed by atoms with Gasteiger partial charge in [0.1, 0.15) is 36.7 Å². The zero-order valence-electron chi connectivity index (χ0n) is 35.9. The standard InChI is InChI=1S/C25H22N2O7.C24H20N2O6/c1-32-22-13-18(20(27(30)31)14-23(22)34-15-16-8-4-3-5-9-16)24(28)26-19-11-7-6-10-17(19)12-21(26)25(29)33-2;1-31-22-12-19(24(28)25-18(14-27)11-17-9-5-6-10-20(17)25)21(26(29)30)13-23(22)32-15-16-7-3-2-4-8-16/h3-11,13-14,21H,12,15H2,1-2H3;2-10,12-14,18H,11,15H2,1H3/t21-;18-/m00/s1. The monoisotopic (exact) mass is 894 g/mol. The van der Waals surface area contributed by atoms with Crippen molar-refractivity contribution in [3.63, 3.8) is 0 Å². The molecule has 0 saturated carbocycles. The van der Waals surface area contributed by atoms with Gasteiger partial charge in [-0.05, 0) is 34.4 Å². The summed E-state index contributed by atoms with van der Waals surface area (Å²) in [6, 6.07) is 36.0. The first-order valence-electron chi connectivity index (χ1n) is 20.4. The number of hydrogen-bond donors (Lipinski definition) is 0. The lowest BCUT2D eigenvalue weighted by molar-refractivity contribution is -0.385. The third-order valence-electron chi connectivity index (χ3n) is 10.9. The van der Waals surface area contributed by atoms with Crippen molar-refractivity contribution in [3.8, 4) is 23.0 Å². The number of esters is 1.